The van der Waals surface area contributed by atoms with Crippen LogP contribution in [0.5, 0.6) is 5.88 Å². The molecule has 0 spiro atoms. The van der Waals surface area contributed by atoms with Crippen molar-refractivity contribution in [2.24, 2.45) is 0 Å². The summed E-state index contributed by atoms with van der Waals surface area (Å²) in [5, 5.41) is 3.37. The summed E-state index contributed by atoms with van der Waals surface area (Å²) < 4.78 is 28.8. The molecular weight excluding hydrogens is 613 g/mol. The Morgan fingerprint density at radius 1 is 0.891 bits per heavy atom. The first-order valence-electron chi connectivity index (χ1n) is 16.1. The lowest BCUT2D eigenvalue weighted by Gasteiger charge is -2.40. The Kier molecular flexibility index (Phi) is 9.77. The fraction of sp³-hybridized carbons (Fsp3) is 0.529. The molecule has 1 aliphatic heterocycles. The van der Waals surface area contributed by atoms with Gasteiger partial charge in [-0.15, -0.1) is 0 Å². The standard InChI is InChI=1S/C34H50N6O4Si2/c1-33(2,3)45(7,8)42-22-26-25(44-46(9,10)34(4,5)6)20-28(43-26)40-23-36-29-30(40)38-32(37-27-18-14-15-19-35-27)39-31(29)41-21-24-16-12-11-13-17-24/h11-19,23,25-26,28H,20-22H2,1-10H3,(H,35,37,38,39)/t25-,26+,28+/m0/s1. The molecule has 1 aromatic carbocycles. The van der Waals surface area contributed by atoms with E-state index < -0.39 is 16.6 Å². The maximum atomic E-state index is 7.02. The van der Waals surface area contributed by atoms with Gasteiger partial charge < -0.3 is 23.6 Å². The highest BCUT2D eigenvalue weighted by molar-refractivity contribution is 6.74. The summed E-state index contributed by atoms with van der Waals surface area (Å²) in [6, 6.07) is 15.6. The van der Waals surface area contributed by atoms with Crippen molar-refractivity contribution in [1.82, 2.24) is 24.5 Å². The van der Waals surface area contributed by atoms with Crippen LogP contribution in [-0.2, 0) is 20.2 Å². The smallest absolute Gasteiger partial charge is 0.247 e. The van der Waals surface area contributed by atoms with Crippen molar-refractivity contribution in [3.63, 3.8) is 0 Å². The van der Waals surface area contributed by atoms with Crippen molar-refractivity contribution in [2.75, 3.05) is 11.9 Å². The molecule has 0 unspecified atom stereocenters. The number of imidazole rings is 1. The van der Waals surface area contributed by atoms with E-state index in [0.717, 1.165) is 5.56 Å². The molecule has 46 heavy (non-hydrogen) atoms. The van der Waals surface area contributed by atoms with Crippen LogP contribution < -0.4 is 10.1 Å². The zero-order valence-electron chi connectivity index (χ0n) is 29.0. The lowest BCUT2D eigenvalue weighted by Crippen LogP contribution is -2.48. The van der Waals surface area contributed by atoms with Gasteiger partial charge in [0.05, 0.1) is 19.0 Å². The van der Waals surface area contributed by atoms with Crippen LogP contribution in [0.3, 0.4) is 0 Å². The predicted octanol–water partition coefficient (Wildman–Crippen LogP) is 8.24. The Morgan fingerprint density at radius 2 is 1.59 bits per heavy atom. The first-order chi connectivity index (χ1) is 21.5. The molecule has 5 rings (SSSR count). The Hall–Kier alpha value is -3.17. The molecule has 4 heterocycles. The van der Waals surface area contributed by atoms with Crippen molar-refractivity contribution in [1.29, 1.82) is 0 Å². The van der Waals surface area contributed by atoms with Crippen molar-refractivity contribution < 1.29 is 18.3 Å². The van der Waals surface area contributed by atoms with Crippen molar-refractivity contribution >= 4 is 39.6 Å². The average molecular weight is 663 g/mol. The van der Waals surface area contributed by atoms with Crippen LogP contribution >= 0.6 is 0 Å². The molecule has 0 aliphatic carbocycles. The quantitative estimate of drug-likeness (QED) is 0.159. The van der Waals surface area contributed by atoms with Crippen LogP contribution in [0.2, 0.25) is 36.3 Å². The van der Waals surface area contributed by atoms with E-state index in [4.69, 9.17) is 33.3 Å². The molecule has 1 saturated heterocycles. The molecule has 10 nitrogen and oxygen atoms in total. The second-order valence-corrected chi connectivity index (χ2v) is 24.7. The molecule has 3 aromatic heterocycles. The summed E-state index contributed by atoms with van der Waals surface area (Å²) in [5.74, 6) is 1.38. The maximum Gasteiger partial charge on any atom is 0.247 e. The molecule has 0 bridgehead atoms. The van der Waals surface area contributed by atoms with Gasteiger partial charge >= 0.3 is 0 Å². The Morgan fingerprint density at radius 3 is 2.24 bits per heavy atom. The van der Waals surface area contributed by atoms with E-state index >= 15 is 0 Å². The van der Waals surface area contributed by atoms with E-state index in [-0.39, 0.29) is 28.5 Å². The number of hydrogen-bond donors (Lipinski definition) is 1. The number of nitrogens with one attached hydrogen (secondary N) is 1. The number of hydrogen-bond acceptors (Lipinski definition) is 9. The van der Waals surface area contributed by atoms with E-state index in [0.29, 0.717) is 48.4 Å². The zero-order chi connectivity index (χ0) is 33.3. The first-order valence-corrected chi connectivity index (χ1v) is 21.9. The lowest BCUT2D eigenvalue weighted by molar-refractivity contribution is -0.0383. The van der Waals surface area contributed by atoms with Gasteiger partial charge in [-0.1, -0.05) is 77.9 Å². The largest absolute Gasteiger partial charge is 0.471 e. The number of rotatable bonds is 11. The highest BCUT2D eigenvalue weighted by atomic mass is 28.4. The number of nitrogens with zero attached hydrogens (tertiary/aromatic N) is 5. The van der Waals surface area contributed by atoms with Gasteiger partial charge in [0, 0.05) is 12.6 Å². The monoisotopic (exact) mass is 662 g/mol. The molecule has 4 aromatic rings. The summed E-state index contributed by atoms with van der Waals surface area (Å²) in [7, 11) is -4.12. The summed E-state index contributed by atoms with van der Waals surface area (Å²) in [4.78, 5) is 18.7. The second-order valence-electron chi connectivity index (χ2n) is 15.1. The van der Waals surface area contributed by atoms with Gasteiger partial charge in [-0.3, -0.25) is 4.57 Å². The van der Waals surface area contributed by atoms with E-state index in [2.05, 4.69) is 78.0 Å². The van der Waals surface area contributed by atoms with Crippen LogP contribution in [0.4, 0.5) is 11.8 Å². The Bertz CT molecular complexity index is 1600. The molecule has 1 fully saturated rings. The van der Waals surface area contributed by atoms with Crippen LogP contribution in [0, 0.1) is 0 Å². The van der Waals surface area contributed by atoms with Gasteiger partial charge in [0.25, 0.3) is 0 Å². The number of benzene rings is 1. The van der Waals surface area contributed by atoms with Gasteiger partial charge in [-0.05, 0) is 54.0 Å². The normalized spacial score (nSPS) is 19.5. The minimum Gasteiger partial charge on any atom is -0.471 e. The summed E-state index contributed by atoms with van der Waals surface area (Å²) in [6.07, 6.45) is 3.43. The van der Waals surface area contributed by atoms with Gasteiger partial charge in [0.2, 0.25) is 11.8 Å². The maximum absolute atomic E-state index is 7.02. The van der Waals surface area contributed by atoms with Crippen LogP contribution in [-0.4, -0.2) is 60.0 Å². The van der Waals surface area contributed by atoms with Crippen molar-refractivity contribution in [3.05, 3.63) is 66.6 Å². The van der Waals surface area contributed by atoms with E-state index in [1.54, 1.807) is 12.5 Å². The number of aromatic nitrogens is 5. The molecule has 0 radical (unpaired) electrons. The number of fused-ring (bicyclic) bond motifs is 1. The topological polar surface area (TPSA) is 105 Å². The third kappa shape index (κ3) is 7.68. The zero-order valence-corrected chi connectivity index (χ0v) is 31.0. The first kappa shape index (κ1) is 34.2. The van der Waals surface area contributed by atoms with Gasteiger partial charge in [0.15, 0.2) is 27.8 Å². The van der Waals surface area contributed by atoms with Crippen molar-refractivity contribution in [2.45, 2.75) is 109 Å². The molecule has 12 heteroatoms. The summed E-state index contributed by atoms with van der Waals surface area (Å²) >= 11 is 0. The summed E-state index contributed by atoms with van der Waals surface area (Å²) in [6.45, 7) is 23.5. The third-order valence-corrected chi connectivity index (χ3v) is 18.7. The van der Waals surface area contributed by atoms with Gasteiger partial charge in [-0.2, -0.15) is 9.97 Å². The highest BCUT2D eigenvalue weighted by Gasteiger charge is 2.47. The fourth-order valence-corrected chi connectivity index (χ4v) is 7.11. The molecule has 0 saturated carbocycles. The minimum atomic E-state index is -2.11. The van der Waals surface area contributed by atoms with E-state index in [1.807, 2.05) is 53.1 Å². The third-order valence-electron chi connectivity index (χ3n) is 9.67. The predicted molar refractivity (Wildman–Crippen MR) is 187 cm³/mol. The van der Waals surface area contributed by atoms with Gasteiger partial charge in [0.1, 0.15) is 24.8 Å². The minimum absolute atomic E-state index is 0.0574. The lowest BCUT2D eigenvalue weighted by atomic mass is 10.2. The van der Waals surface area contributed by atoms with Crippen LogP contribution in [0.25, 0.3) is 11.2 Å². The van der Waals surface area contributed by atoms with E-state index in [9.17, 15) is 0 Å². The van der Waals surface area contributed by atoms with Gasteiger partial charge in [-0.25, -0.2) is 9.97 Å². The molecule has 1 aliphatic rings. The highest BCUT2D eigenvalue weighted by Crippen LogP contribution is 2.43. The van der Waals surface area contributed by atoms with Crippen LogP contribution in [0.1, 0.15) is 59.8 Å². The number of pyridine rings is 1. The molecule has 3 atom stereocenters. The SMILES string of the molecule is CC(C)(C)[Si](C)(C)OC[C@H]1O[C@@H](n2cnc3c(OCc4ccccc4)nc(Nc4ccccn4)nc32)C[C@@H]1O[Si](C)(C)C(C)(C)C. The molecule has 1 N–H and O–H groups in total. The summed E-state index contributed by atoms with van der Waals surface area (Å²) in [5.41, 5.74) is 2.20. The van der Waals surface area contributed by atoms with Crippen LogP contribution in [0.15, 0.2) is 61.1 Å². The van der Waals surface area contributed by atoms with Crippen molar-refractivity contribution in [3.8, 4) is 5.88 Å². The number of anilines is 2. The molecule has 248 valence electrons. The fourth-order valence-electron chi connectivity index (χ4n) is 4.74. The number of ether oxygens (including phenoxy) is 2. The molecular formula is C34H50N6O4Si2. The Labute approximate surface area is 275 Å². The van der Waals surface area contributed by atoms with E-state index in [1.165, 1.54) is 0 Å². The average Bonchev–Trinajstić information content (AvgIpc) is 3.58. The molecule has 0 amide bonds. The Balaban J connectivity index is 1.48. The second kappa shape index (κ2) is 13.1.